The van der Waals surface area contributed by atoms with Gasteiger partial charge in [-0.3, -0.25) is 4.98 Å². The fourth-order valence-corrected chi connectivity index (χ4v) is 3.05. The molecule has 4 rings (SSSR count). The van der Waals surface area contributed by atoms with Crippen molar-refractivity contribution in [3.8, 4) is 29.2 Å². The Kier molecular flexibility index (Phi) is 5.74. The maximum atomic E-state index is 5.81. The second-order valence-corrected chi connectivity index (χ2v) is 6.82. The minimum absolute atomic E-state index is 0.149. The molecular formula is C22H22N6O3. The molecule has 0 radical (unpaired) electrons. The van der Waals surface area contributed by atoms with Gasteiger partial charge in [-0.25, -0.2) is 4.98 Å². The summed E-state index contributed by atoms with van der Waals surface area (Å²) >= 11 is 0. The minimum atomic E-state index is 0.149. The third kappa shape index (κ3) is 4.61. The lowest BCUT2D eigenvalue weighted by molar-refractivity contribution is 0.355. The normalized spacial score (nSPS) is 10.7. The molecule has 158 valence electrons. The van der Waals surface area contributed by atoms with Crippen LogP contribution in [0.4, 0.5) is 0 Å². The highest BCUT2D eigenvalue weighted by atomic mass is 16.5. The summed E-state index contributed by atoms with van der Waals surface area (Å²) in [7, 11) is 3.14. The summed E-state index contributed by atoms with van der Waals surface area (Å²) in [4.78, 5) is 21.5. The van der Waals surface area contributed by atoms with Crippen LogP contribution in [-0.4, -0.2) is 43.7 Å². The van der Waals surface area contributed by atoms with E-state index in [2.05, 4.69) is 24.9 Å². The number of nitrogens with zero attached hydrogens (tertiary/aromatic N) is 6. The number of benzene rings is 1. The van der Waals surface area contributed by atoms with E-state index < -0.39 is 0 Å². The maximum Gasteiger partial charge on any atom is 0.328 e. The summed E-state index contributed by atoms with van der Waals surface area (Å²) in [6, 6.07) is 9.85. The first kappa shape index (κ1) is 20.3. The van der Waals surface area contributed by atoms with Crippen molar-refractivity contribution in [3.05, 3.63) is 71.8 Å². The number of methoxy groups -OCH3 is 2. The molecule has 9 heteroatoms. The summed E-state index contributed by atoms with van der Waals surface area (Å²) in [5.41, 5.74) is 3.53. The molecule has 4 aromatic rings. The SMILES string of the molecule is COc1nc(Cc2ccc(-n3cnc(C)c3)c(OC)c2)nc(Oc2cccnc2C)n1. The molecule has 0 bridgehead atoms. The quantitative estimate of drug-likeness (QED) is 0.450. The van der Waals surface area contributed by atoms with Gasteiger partial charge < -0.3 is 18.8 Å². The van der Waals surface area contributed by atoms with E-state index in [4.69, 9.17) is 14.2 Å². The van der Waals surface area contributed by atoms with E-state index in [1.807, 2.05) is 42.8 Å². The first-order valence-corrected chi connectivity index (χ1v) is 9.62. The Labute approximate surface area is 179 Å². The van der Waals surface area contributed by atoms with Crippen LogP contribution in [0.2, 0.25) is 0 Å². The zero-order chi connectivity index (χ0) is 21.8. The Morgan fingerprint density at radius 1 is 0.903 bits per heavy atom. The van der Waals surface area contributed by atoms with Crippen molar-refractivity contribution in [3.63, 3.8) is 0 Å². The molecule has 1 aromatic carbocycles. The van der Waals surface area contributed by atoms with Crippen molar-refractivity contribution >= 4 is 0 Å². The maximum absolute atomic E-state index is 5.81. The number of hydrogen-bond donors (Lipinski definition) is 0. The molecule has 31 heavy (non-hydrogen) atoms. The molecule has 0 amide bonds. The third-order valence-corrected chi connectivity index (χ3v) is 4.58. The summed E-state index contributed by atoms with van der Waals surface area (Å²) in [6.45, 7) is 3.79. The molecular weight excluding hydrogens is 396 g/mol. The number of pyridine rings is 1. The van der Waals surface area contributed by atoms with E-state index in [0.717, 1.165) is 28.4 Å². The van der Waals surface area contributed by atoms with Gasteiger partial charge in [0.25, 0.3) is 0 Å². The smallest absolute Gasteiger partial charge is 0.328 e. The van der Waals surface area contributed by atoms with Crippen molar-refractivity contribution < 1.29 is 14.2 Å². The molecule has 0 unspecified atom stereocenters. The first-order valence-electron chi connectivity index (χ1n) is 9.62. The highest BCUT2D eigenvalue weighted by Crippen LogP contribution is 2.26. The Hall–Kier alpha value is -4.01. The van der Waals surface area contributed by atoms with Gasteiger partial charge in [-0.15, -0.1) is 4.98 Å². The standard InChI is InChI=1S/C22H22N6O3/c1-14-12-28(13-24-14)17-8-7-16(10-19(17)29-3)11-20-25-21(30-4)27-22(26-20)31-18-6-5-9-23-15(18)2/h5-10,12-13H,11H2,1-4H3. The van der Waals surface area contributed by atoms with Crippen LogP contribution in [0.25, 0.3) is 5.69 Å². The van der Waals surface area contributed by atoms with Crippen LogP contribution in [0.5, 0.6) is 23.5 Å². The Morgan fingerprint density at radius 2 is 1.74 bits per heavy atom. The number of rotatable bonds is 7. The predicted molar refractivity (Wildman–Crippen MR) is 113 cm³/mol. The summed E-state index contributed by atoms with van der Waals surface area (Å²) < 4.78 is 18.6. The molecule has 3 aromatic heterocycles. The van der Waals surface area contributed by atoms with Crippen molar-refractivity contribution in [1.29, 1.82) is 0 Å². The van der Waals surface area contributed by atoms with Gasteiger partial charge in [-0.1, -0.05) is 6.07 Å². The highest BCUT2D eigenvalue weighted by molar-refractivity contribution is 5.49. The highest BCUT2D eigenvalue weighted by Gasteiger charge is 2.13. The van der Waals surface area contributed by atoms with E-state index in [1.165, 1.54) is 7.11 Å². The number of imidazole rings is 1. The van der Waals surface area contributed by atoms with Gasteiger partial charge in [0.1, 0.15) is 11.6 Å². The fraction of sp³-hybridized carbons (Fsp3) is 0.227. The van der Waals surface area contributed by atoms with E-state index in [1.54, 1.807) is 31.8 Å². The average Bonchev–Trinajstić information content (AvgIpc) is 3.21. The van der Waals surface area contributed by atoms with E-state index in [0.29, 0.717) is 18.0 Å². The van der Waals surface area contributed by atoms with Crippen molar-refractivity contribution in [1.82, 2.24) is 29.5 Å². The number of aromatic nitrogens is 6. The fourth-order valence-electron chi connectivity index (χ4n) is 3.05. The summed E-state index contributed by atoms with van der Waals surface area (Å²) in [5, 5.41) is 0. The Bertz CT molecular complexity index is 1210. The molecule has 0 aliphatic heterocycles. The second kappa shape index (κ2) is 8.78. The molecule has 0 aliphatic rings. The summed E-state index contributed by atoms with van der Waals surface area (Å²) in [5.74, 6) is 1.80. The third-order valence-electron chi connectivity index (χ3n) is 4.58. The minimum Gasteiger partial charge on any atom is -0.495 e. The molecule has 0 saturated heterocycles. The zero-order valence-electron chi connectivity index (χ0n) is 17.7. The predicted octanol–water partition coefficient (Wildman–Crippen LogP) is 3.47. The first-order chi connectivity index (χ1) is 15.1. The molecule has 3 heterocycles. The topological polar surface area (TPSA) is 97.1 Å². The van der Waals surface area contributed by atoms with Gasteiger partial charge in [-0.05, 0) is 43.7 Å². The number of hydrogen-bond acceptors (Lipinski definition) is 8. The molecule has 0 spiro atoms. The zero-order valence-corrected chi connectivity index (χ0v) is 17.7. The second-order valence-electron chi connectivity index (χ2n) is 6.82. The molecule has 0 atom stereocenters. The van der Waals surface area contributed by atoms with Crippen LogP contribution in [-0.2, 0) is 6.42 Å². The Morgan fingerprint density at radius 3 is 2.45 bits per heavy atom. The van der Waals surface area contributed by atoms with Crippen LogP contribution < -0.4 is 14.2 Å². The molecule has 9 nitrogen and oxygen atoms in total. The van der Waals surface area contributed by atoms with E-state index >= 15 is 0 Å². The van der Waals surface area contributed by atoms with Crippen molar-refractivity contribution in [2.75, 3.05) is 14.2 Å². The molecule has 0 aliphatic carbocycles. The van der Waals surface area contributed by atoms with Crippen LogP contribution in [0.1, 0.15) is 22.8 Å². The van der Waals surface area contributed by atoms with E-state index in [9.17, 15) is 0 Å². The van der Waals surface area contributed by atoms with Crippen molar-refractivity contribution in [2.24, 2.45) is 0 Å². The van der Waals surface area contributed by atoms with E-state index in [-0.39, 0.29) is 12.0 Å². The van der Waals surface area contributed by atoms with Gasteiger partial charge in [0.05, 0.1) is 37.6 Å². The van der Waals surface area contributed by atoms with Crippen LogP contribution >= 0.6 is 0 Å². The Balaban J connectivity index is 1.62. The number of ether oxygens (including phenoxy) is 3. The molecule has 0 fully saturated rings. The van der Waals surface area contributed by atoms with Crippen LogP contribution in [0, 0.1) is 13.8 Å². The van der Waals surface area contributed by atoms with Crippen LogP contribution in [0.15, 0.2) is 49.1 Å². The number of aryl methyl sites for hydroxylation is 2. The van der Waals surface area contributed by atoms with Crippen LogP contribution in [0.3, 0.4) is 0 Å². The monoisotopic (exact) mass is 418 g/mol. The lowest BCUT2D eigenvalue weighted by Crippen LogP contribution is -2.05. The van der Waals surface area contributed by atoms with Gasteiger partial charge >= 0.3 is 12.0 Å². The summed E-state index contributed by atoms with van der Waals surface area (Å²) in [6.07, 6.45) is 5.84. The van der Waals surface area contributed by atoms with Gasteiger partial charge in [-0.2, -0.15) is 9.97 Å². The lowest BCUT2D eigenvalue weighted by Gasteiger charge is -2.12. The van der Waals surface area contributed by atoms with Gasteiger partial charge in [0.15, 0.2) is 5.75 Å². The molecule has 0 N–H and O–H groups in total. The lowest BCUT2D eigenvalue weighted by atomic mass is 10.1. The largest absolute Gasteiger partial charge is 0.495 e. The van der Waals surface area contributed by atoms with Gasteiger partial charge in [0, 0.05) is 18.8 Å². The van der Waals surface area contributed by atoms with Crippen molar-refractivity contribution in [2.45, 2.75) is 20.3 Å². The molecule has 0 saturated carbocycles. The average molecular weight is 418 g/mol. The van der Waals surface area contributed by atoms with Gasteiger partial charge in [0.2, 0.25) is 0 Å².